The van der Waals surface area contributed by atoms with Crippen molar-refractivity contribution in [3.63, 3.8) is 0 Å². The van der Waals surface area contributed by atoms with Crippen LogP contribution in [-0.2, 0) is 4.74 Å². The number of H-pyrrole nitrogens is 1. The molecule has 8 heteroatoms. The zero-order chi connectivity index (χ0) is 13.4. The lowest BCUT2D eigenvalue weighted by molar-refractivity contribution is -0.0406. The number of halogens is 1. The summed E-state index contributed by atoms with van der Waals surface area (Å²) >= 11 is 1.78. The quantitative estimate of drug-likeness (QED) is 0.592. The summed E-state index contributed by atoms with van der Waals surface area (Å²) in [4.78, 5) is 25.0. The monoisotopic (exact) mass is 368 g/mol. The van der Waals surface area contributed by atoms with Gasteiger partial charge >= 0.3 is 5.69 Å². The minimum Gasteiger partial charge on any atom is -0.388 e. The first-order chi connectivity index (χ1) is 8.45. The fourth-order valence-electron chi connectivity index (χ4n) is 1.95. The molecule has 0 spiro atoms. The summed E-state index contributed by atoms with van der Waals surface area (Å²) in [6, 6.07) is 0. The Balaban J connectivity index is 2.42. The third-order valence-corrected chi connectivity index (χ3v) is 3.71. The predicted octanol–water partition coefficient (Wildman–Crippen LogP) is -0.830. The average Bonchev–Trinajstić information content (AvgIpc) is 2.61. The van der Waals surface area contributed by atoms with E-state index in [0.717, 1.165) is 4.57 Å². The van der Waals surface area contributed by atoms with E-state index in [4.69, 9.17) is 4.74 Å². The van der Waals surface area contributed by atoms with Crippen LogP contribution in [0.3, 0.4) is 0 Å². The van der Waals surface area contributed by atoms with Crippen molar-refractivity contribution in [1.29, 1.82) is 0 Å². The van der Waals surface area contributed by atoms with E-state index in [1.54, 1.807) is 22.6 Å². The van der Waals surface area contributed by atoms with Gasteiger partial charge in [-0.3, -0.25) is 14.3 Å². The molecule has 1 aromatic rings. The van der Waals surface area contributed by atoms with E-state index in [9.17, 15) is 19.8 Å². The highest BCUT2D eigenvalue weighted by Crippen LogP contribution is 2.29. The molecule has 100 valence electrons. The van der Waals surface area contributed by atoms with Crippen LogP contribution in [-0.4, -0.2) is 38.1 Å². The van der Waals surface area contributed by atoms with Gasteiger partial charge in [0.1, 0.15) is 12.2 Å². The average molecular weight is 368 g/mol. The van der Waals surface area contributed by atoms with Gasteiger partial charge in [-0.25, -0.2) is 4.79 Å². The van der Waals surface area contributed by atoms with E-state index in [1.807, 2.05) is 6.92 Å². The molecule has 1 aliphatic heterocycles. The first kappa shape index (κ1) is 13.7. The summed E-state index contributed by atoms with van der Waals surface area (Å²) in [5, 5.41) is 19.6. The van der Waals surface area contributed by atoms with Gasteiger partial charge in [-0.2, -0.15) is 0 Å². The number of rotatable bonds is 2. The molecule has 0 aliphatic carbocycles. The first-order valence-electron chi connectivity index (χ1n) is 5.48. The summed E-state index contributed by atoms with van der Waals surface area (Å²) in [7, 11) is 0. The lowest BCUT2D eigenvalue weighted by Gasteiger charge is -2.17. The molecular formula is C10H13IN2O5. The van der Waals surface area contributed by atoms with E-state index in [1.165, 1.54) is 6.20 Å². The highest BCUT2D eigenvalue weighted by molar-refractivity contribution is 14.1. The molecule has 1 aromatic heterocycles. The van der Waals surface area contributed by atoms with Gasteiger partial charge in [-0.15, -0.1) is 0 Å². The Labute approximate surface area is 116 Å². The number of aromatic amines is 1. The van der Waals surface area contributed by atoms with Gasteiger partial charge in [-0.05, 0) is 29.0 Å². The van der Waals surface area contributed by atoms with Crippen LogP contribution >= 0.6 is 22.6 Å². The lowest BCUT2D eigenvalue weighted by Crippen LogP contribution is -2.38. The number of hydrogen-bond acceptors (Lipinski definition) is 5. The fourth-order valence-corrected chi connectivity index (χ4v) is 2.38. The van der Waals surface area contributed by atoms with Crippen molar-refractivity contribution in [2.24, 2.45) is 0 Å². The number of aromatic nitrogens is 2. The summed E-state index contributed by atoms with van der Waals surface area (Å²) in [6.45, 7) is 1.81. The highest BCUT2D eigenvalue weighted by Gasteiger charge is 2.43. The van der Waals surface area contributed by atoms with Crippen molar-refractivity contribution in [2.45, 2.75) is 37.9 Å². The number of aliphatic hydroxyl groups excluding tert-OH is 2. The molecule has 0 amide bonds. The molecule has 1 unspecified atom stereocenters. The molecule has 0 bridgehead atoms. The summed E-state index contributed by atoms with van der Waals surface area (Å²) in [5.74, 6) is 0. The zero-order valence-electron chi connectivity index (χ0n) is 9.54. The molecule has 0 aromatic carbocycles. The van der Waals surface area contributed by atoms with E-state index in [-0.39, 0.29) is 0 Å². The summed E-state index contributed by atoms with van der Waals surface area (Å²) in [5.41, 5.74) is -1.16. The second-order valence-corrected chi connectivity index (χ2v) is 5.26. The zero-order valence-corrected chi connectivity index (χ0v) is 11.7. The fraction of sp³-hybridized carbons (Fsp3) is 0.600. The van der Waals surface area contributed by atoms with Crippen LogP contribution in [0.4, 0.5) is 0 Å². The normalized spacial score (nSPS) is 31.8. The van der Waals surface area contributed by atoms with Gasteiger partial charge in [0.05, 0.1) is 9.67 Å². The van der Waals surface area contributed by atoms with Crippen molar-refractivity contribution < 1.29 is 14.9 Å². The minimum absolute atomic E-state index is 0.303. The maximum absolute atomic E-state index is 11.7. The van der Waals surface area contributed by atoms with Crippen molar-refractivity contribution in [1.82, 2.24) is 9.55 Å². The van der Waals surface area contributed by atoms with Gasteiger partial charge in [-0.1, -0.05) is 6.92 Å². The van der Waals surface area contributed by atoms with Gasteiger partial charge < -0.3 is 14.9 Å². The molecular weight excluding hydrogens is 355 g/mol. The Kier molecular flexibility index (Phi) is 3.90. The third kappa shape index (κ3) is 2.25. The number of ether oxygens (including phenoxy) is 1. The Morgan fingerprint density at radius 3 is 2.67 bits per heavy atom. The smallest absolute Gasteiger partial charge is 0.330 e. The van der Waals surface area contributed by atoms with Crippen LogP contribution in [0.5, 0.6) is 0 Å². The first-order valence-corrected chi connectivity index (χ1v) is 6.56. The lowest BCUT2D eigenvalue weighted by atomic mass is 10.1. The Morgan fingerprint density at radius 2 is 2.11 bits per heavy atom. The van der Waals surface area contributed by atoms with Crippen LogP contribution in [0.15, 0.2) is 15.8 Å². The van der Waals surface area contributed by atoms with E-state index >= 15 is 0 Å². The van der Waals surface area contributed by atoms with Crippen LogP contribution in [0.25, 0.3) is 0 Å². The van der Waals surface area contributed by atoms with Gasteiger partial charge in [0.25, 0.3) is 5.56 Å². The minimum atomic E-state index is -1.20. The van der Waals surface area contributed by atoms with Crippen LogP contribution in [0, 0.1) is 3.57 Å². The standard InChI is InChI=1S/C10H13IN2O5/c1-2-5-6(14)7(15)9(18-5)13-3-4(11)8(16)12-10(13)17/h3,5-7,9,14-15H,2H2,1H3,(H,12,16,17)/t5-,6?,7+,9-/m1/s1. The maximum Gasteiger partial charge on any atom is 0.330 e. The van der Waals surface area contributed by atoms with Crippen LogP contribution in [0.1, 0.15) is 19.6 Å². The largest absolute Gasteiger partial charge is 0.388 e. The molecule has 7 nitrogen and oxygen atoms in total. The van der Waals surface area contributed by atoms with Gasteiger partial charge in [0, 0.05) is 6.20 Å². The molecule has 4 atom stereocenters. The van der Waals surface area contributed by atoms with Crippen molar-refractivity contribution >= 4 is 22.6 Å². The Morgan fingerprint density at radius 1 is 1.44 bits per heavy atom. The van der Waals surface area contributed by atoms with E-state index < -0.39 is 35.8 Å². The third-order valence-electron chi connectivity index (χ3n) is 2.94. The highest BCUT2D eigenvalue weighted by atomic mass is 127. The number of nitrogens with one attached hydrogen (secondary N) is 1. The second-order valence-electron chi connectivity index (χ2n) is 4.10. The van der Waals surface area contributed by atoms with Crippen LogP contribution in [0.2, 0.25) is 0 Å². The van der Waals surface area contributed by atoms with E-state index in [0.29, 0.717) is 9.99 Å². The molecule has 2 rings (SSSR count). The van der Waals surface area contributed by atoms with Crippen molar-refractivity contribution in [3.05, 3.63) is 30.6 Å². The predicted molar refractivity (Wildman–Crippen MR) is 70.3 cm³/mol. The molecule has 18 heavy (non-hydrogen) atoms. The number of nitrogens with zero attached hydrogens (tertiary/aromatic N) is 1. The Bertz CT molecular complexity index is 554. The molecule has 3 N–H and O–H groups in total. The van der Waals surface area contributed by atoms with Gasteiger partial charge in [0.2, 0.25) is 0 Å². The molecule has 0 saturated carbocycles. The summed E-state index contributed by atoms with van der Waals surface area (Å²) < 4.78 is 6.83. The molecule has 1 aliphatic rings. The number of aliphatic hydroxyl groups is 2. The topological polar surface area (TPSA) is 105 Å². The van der Waals surface area contributed by atoms with E-state index in [2.05, 4.69) is 4.98 Å². The Hall–Kier alpha value is -0.710. The SMILES string of the molecule is CC[C@H]1O[C@@H](n2cc(I)c(=O)[nH]c2=O)[C@@H](O)C1O. The molecule has 1 fully saturated rings. The van der Waals surface area contributed by atoms with Crippen molar-refractivity contribution in [3.8, 4) is 0 Å². The molecule has 0 radical (unpaired) electrons. The summed E-state index contributed by atoms with van der Waals surface area (Å²) in [6.07, 6.45) is -1.93. The second kappa shape index (κ2) is 5.11. The van der Waals surface area contributed by atoms with Gasteiger partial charge in [0.15, 0.2) is 6.23 Å². The van der Waals surface area contributed by atoms with Crippen LogP contribution < -0.4 is 11.2 Å². The molecule has 1 saturated heterocycles. The molecule has 2 heterocycles. The maximum atomic E-state index is 11.7. The number of hydrogen-bond donors (Lipinski definition) is 3. The van der Waals surface area contributed by atoms with Crippen molar-refractivity contribution in [2.75, 3.05) is 0 Å².